The minimum Gasteiger partial charge on any atom is -0.497 e. The second-order valence-corrected chi connectivity index (χ2v) is 4.40. The maximum Gasteiger partial charge on any atom is 0.390 e. The summed E-state index contributed by atoms with van der Waals surface area (Å²) in [6, 6.07) is 5.32. The Morgan fingerprint density at radius 1 is 1.17 bits per heavy atom. The first kappa shape index (κ1) is 21.6. The minimum atomic E-state index is -4.19. The highest BCUT2D eigenvalue weighted by atomic mass is 127. The van der Waals surface area contributed by atoms with E-state index < -0.39 is 12.6 Å². The van der Waals surface area contributed by atoms with Crippen molar-refractivity contribution >= 4 is 29.9 Å². The fourth-order valence-electron chi connectivity index (χ4n) is 1.72. The number of rotatable bonds is 6. The first-order chi connectivity index (χ1) is 10.4. The summed E-state index contributed by atoms with van der Waals surface area (Å²) >= 11 is 0. The number of methoxy groups -OCH3 is 2. The van der Waals surface area contributed by atoms with Gasteiger partial charge in [0, 0.05) is 31.8 Å². The van der Waals surface area contributed by atoms with Crippen LogP contribution < -0.4 is 20.1 Å². The monoisotopic (exact) mass is 447 g/mol. The van der Waals surface area contributed by atoms with E-state index in [1.165, 1.54) is 14.2 Å². The molecule has 0 atom stereocenters. The van der Waals surface area contributed by atoms with Gasteiger partial charge in [-0.25, -0.2) is 0 Å². The first-order valence-electron chi connectivity index (χ1n) is 6.61. The second-order valence-electron chi connectivity index (χ2n) is 4.40. The van der Waals surface area contributed by atoms with Gasteiger partial charge in [-0.3, -0.25) is 4.99 Å². The number of nitrogens with one attached hydrogen (secondary N) is 2. The standard InChI is InChI=1S/C14H20F3N3O2.HI/c1-18-13(19-7-6-14(15,16)17)20-9-10-4-5-11(21-2)8-12(10)22-3;/h4-5,8H,6-7,9H2,1-3H3,(H2,18,19,20);1H. The van der Waals surface area contributed by atoms with Crippen LogP contribution in [0.2, 0.25) is 0 Å². The van der Waals surface area contributed by atoms with Gasteiger partial charge in [0.1, 0.15) is 11.5 Å². The molecule has 0 fully saturated rings. The quantitative estimate of drug-likeness (QED) is 0.400. The van der Waals surface area contributed by atoms with E-state index in [-0.39, 0.29) is 30.5 Å². The van der Waals surface area contributed by atoms with Crippen LogP contribution in [0, 0.1) is 0 Å². The molecule has 0 aliphatic rings. The molecule has 0 saturated carbocycles. The molecule has 132 valence electrons. The molecule has 0 heterocycles. The lowest BCUT2D eigenvalue weighted by atomic mass is 10.2. The number of nitrogens with zero attached hydrogens (tertiary/aromatic N) is 1. The third-order valence-corrected chi connectivity index (χ3v) is 2.87. The lowest BCUT2D eigenvalue weighted by Crippen LogP contribution is -2.38. The van der Waals surface area contributed by atoms with Crippen molar-refractivity contribution in [2.45, 2.75) is 19.1 Å². The molecule has 0 radical (unpaired) electrons. The van der Waals surface area contributed by atoms with Gasteiger partial charge in [0.2, 0.25) is 0 Å². The minimum absolute atomic E-state index is 0. The SMILES string of the molecule is CN=C(NCCC(F)(F)F)NCc1ccc(OC)cc1OC.I. The molecule has 0 saturated heterocycles. The fraction of sp³-hybridized carbons (Fsp3) is 0.500. The summed E-state index contributed by atoms with van der Waals surface area (Å²) in [4.78, 5) is 3.87. The predicted octanol–water partition coefficient (Wildman–Crippen LogP) is 2.94. The Hall–Kier alpha value is -1.39. The van der Waals surface area contributed by atoms with Gasteiger partial charge in [0.05, 0.1) is 20.6 Å². The number of alkyl halides is 3. The van der Waals surface area contributed by atoms with Gasteiger partial charge in [0.25, 0.3) is 0 Å². The predicted molar refractivity (Wildman–Crippen MR) is 93.8 cm³/mol. The summed E-state index contributed by atoms with van der Waals surface area (Å²) in [5.74, 6) is 1.58. The van der Waals surface area contributed by atoms with Gasteiger partial charge in [-0.15, -0.1) is 24.0 Å². The van der Waals surface area contributed by atoms with E-state index >= 15 is 0 Å². The Kier molecular flexibility index (Phi) is 9.77. The van der Waals surface area contributed by atoms with Gasteiger partial charge < -0.3 is 20.1 Å². The number of ether oxygens (including phenoxy) is 2. The van der Waals surface area contributed by atoms with Gasteiger partial charge in [0.15, 0.2) is 5.96 Å². The number of hydrogen-bond donors (Lipinski definition) is 2. The van der Waals surface area contributed by atoms with Crippen molar-refractivity contribution in [3.63, 3.8) is 0 Å². The second kappa shape index (κ2) is 10.4. The van der Waals surface area contributed by atoms with Crippen LogP contribution in [0.25, 0.3) is 0 Å². The molecule has 0 aromatic heterocycles. The smallest absolute Gasteiger partial charge is 0.390 e. The number of aliphatic imine (C=N–C) groups is 1. The van der Waals surface area contributed by atoms with Crippen LogP contribution in [-0.2, 0) is 6.54 Å². The molecule has 9 heteroatoms. The number of hydrogen-bond acceptors (Lipinski definition) is 3. The molecule has 0 aliphatic carbocycles. The number of halogens is 4. The zero-order valence-corrected chi connectivity index (χ0v) is 15.5. The van der Waals surface area contributed by atoms with Crippen LogP contribution in [0.15, 0.2) is 23.2 Å². The Morgan fingerprint density at radius 3 is 2.39 bits per heavy atom. The van der Waals surface area contributed by atoms with E-state index in [0.717, 1.165) is 5.56 Å². The molecule has 1 rings (SSSR count). The molecule has 0 aliphatic heterocycles. The number of guanidine groups is 1. The molecule has 5 nitrogen and oxygen atoms in total. The molecular formula is C14H21F3IN3O2. The normalized spacial score (nSPS) is 11.5. The first-order valence-corrected chi connectivity index (χ1v) is 6.61. The molecule has 1 aromatic carbocycles. The maximum atomic E-state index is 12.1. The van der Waals surface area contributed by atoms with E-state index in [9.17, 15) is 13.2 Å². The van der Waals surface area contributed by atoms with Crippen LogP contribution >= 0.6 is 24.0 Å². The highest BCUT2D eigenvalue weighted by molar-refractivity contribution is 14.0. The third-order valence-electron chi connectivity index (χ3n) is 2.87. The summed E-state index contributed by atoms with van der Waals surface area (Å²) in [6.07, 6.45) is -5.11. The van der Waals surface area contributed by atoms with Crippen LogP contribution in [-0.4, -0.2) is 39.9 Å². The molecule has 0 spiro atoms. The van der Waals surface area contributed by atoms with Crippen molar-refractivity contribution in [3.05, 3.63) is 23.8 Å². The zero-order valence-electron chi connectivity index (χ0n) is 13.2. The van der Waals surface area contributed by atoms with Gasteiger partial charge >= 0.3 is 6.18 Å². The van der Waals surface area contributed by atoms with Crippen molar-refractivity contribution in [3.8, 4) is 11.5 Å². The van der Waals surface area contributed by atoms with Crippen molar-refractivity contribution in [1.29, 1.82) is 0 Å². The molecule has 0 amide bonds. The van der Waals surface area contributed by atoms with E-state index in [0.29, 0.717) is 24.0 Å². The average Bonchev–Trinajstić information content (AvgIpc) is 2.49. The molecule has 0 unspecified atom stereocenters. The average molecular weight is 447 g/mol. The zero-order chi connectivity index (χ0) is 16.6. The maximum absolute atomic E-state index is 12.1. The Labute approximate surface area is 150 Å². The van der Waals surface area contributed by atoms with Crippen LogP contribution in [0.3, 0.4) is 0 Å². The fourth-order valence-corrected chi connectivity index (χ4v) is 1.72. The summed E-state index contributed by atoms with van der Waals surface area (Å²) in [5.41, 5.74) is 0.835. The topological polar surface area (TPSA) is 54.9 Å². The van der Waals surface area contributed by atoms with E-state index in [2.05, 4.69) is 15.6 Å². The molecule has 1 aromatic rings. The van der Waals surface area contributed by atoms with Crippen LogP contribution in [0.1, 0.15) is 12.0 Å². The highest BCUT2D eigenvalue weighted by Gasteiger charge is 2.26. The molecule has 23 heavy (non-hydrogen) atoms. The lowest BCUT2D eigenvalue weighted by Gasteiger charge is -2.15. The largest absolute Gasteiger partial charge is 0.497 e. The molecular weight excluding hydrogens is 426 g/mol. The summed E-state index contributed by atoms with van der Waals surface area (Å²) < 4.78 is 46.7. The van der Waals surface area contributed by atoms with Gasteiger partial charge in [-0.05, 0) is 12.1 Å². The lowest BCUT2D eigenvalue weighted by molar-refractivity contribution is -0.132. The molecule has 2 N–H and O–H groups in total. The van der Waals surface area contributed by atoms with E-state index in [1.54, 1.807) is 19.2 Å². The summed E-state index contributed by atoms with van der Waals surface area (Å²) in [7, 11) is 4.59. The summed E-state index contributed by atoms with van der Waals surface area (Å²) in [6.45, 7) is 0.127. The van der Waals surface area contributed by atoms with Crippen molar-refractivity contribution in [2.75, 3.05) is 27.8 Å². The van der Waals surface area contributed by atoms with Crippen LogP contribution in [0.4, 0.5) is 13.2 Å². The van der Waals surface area contributed by atoms with Crippen molar-refractivity contribution in [1.82, 2.24) is 10.6 Å². The highest BCUT2D eigenvalue weighted by Crippen LogP contribution is 2.24. The Bertz CT molecular complexity index is 511. The molecule has 0 bridgehead atoms. The van der Waals surface area contributed by atoms with Crippen LogP contribution in [0.5, 0.6) is 11.5 Å². The Balaban J connectivity index is 0.00000484. The van der Waals surface area contributed by atoms with Gasteiger partial charge in [-0.1, -0.05) is 0 Å². The number of benzene rings is 1. The van der Waals surface area contributed by atoms with Crippen molar-refractivity contribution in [2.24, 2.45) is 4.99 Å². The van der Waals surface area contributed by atoms with E-state index in [1.807, 2.05) is 6.07 Å². The third kappa shape index (κ3) is 8.14. The van der Waals surface area contributed by atoms with E-state index in [4.69, 9.17) is 9.47 Å². The Morgan fingerprint density at radius 2 is 1.87 bits per heavy atom. The van der Waals surface area contributed by atoms with Gasteiger partial charge in [-0.2, -0.15) is 13.2 Å². The van der Waals surface area contributed by atoms with Crippen molar-refractivity contribution < 1.29 is 22.6 Å². The summed E-state index contributed by atoms with van der Waals surface area (Å²) in [5, 5.41) is 5.54.